The summed E-state index contributed by atoms with van der Waals surface area (Å²) in [7, 11) is 0. The van der Waals surface area contributed by atoms with Crippen LogP contribution >= 0.6 is 0 Å². The van der Waals surface area contributed by atoms with Gasteiger partial charge < -0.3 is 15.1 Å². The summed E-state index contributed by atoms with van der Waals surface area (Å²) in [6.45, 7) is 4.86. The zero-order valence-corrected chi connectivity index (χ0v) is 13.1. The second kappa shape index (κ2) is 8.35. The molecule has 20 heavy (non-hydrogen) atoms. The van der Waals surface area contributed by atoms with E-state index >= 15 is 0 Å². The number of aliphatic hydroxyl groups excluding tert-OH is 2. The van der Waals surface area contributed by atoms with Gasteiger partial charge in [0.25, 0.3) is 0 Å². The van der Waals surface area contributed by atoms with Crippen LogP contribution in [0, 0.1) is 11.8 Å². The van der Waals surface area contributed by atoms with Crippen LogP contribution in [-0.2, 0) is 0 Å². The van der Waals surface area contributed by atoms with Gasteiger partial charge >= 0.3 is 0 Å². The largest absolute Gasteiger partial charge is 0.396 e. The minimum atomic E-state index is -0.0813. The van der Waals surface area contributed by atoms with E-state index in [0.717, 1.165) is 31.7 Å². The molecule has 3 heteroatoms. The van der Waals surface area contributed by atoms with Crippen LogP contribution in [0.5, 0.6) is 0 Å². The van der Waals surface area contributed by atoms with Gasteiger partial charge in [-0.05, 0) is 63.3 Å². The van der Waals surface area contributed by atoms with Gasteiger partial charge in [-0.2, -0.15) is 0 Å². The maximum Gasteiger partial charge on any atom is 0.0580 e. The van der Waals surface area contributed by atoms with Crippen LogP contribution in [0.3, 0.4) is 0 Å². The number of hydrogen-bond acceptors (Lipinski definition) is 3. The van der Waals surface area contributed by atoms with E-state index in [2.05, 4.69) is 11.8 Å². The summed E-state index contributed by atoms with van der Waals surface area (Å²) in [6, 6.07) is 0.654. The smallest absolute Gasteiger partial charge is 0.0580 e. The molecule has 3 nitrogen and oxygen atoms in total. The first kappa shape index (κ1) is 16.3. The molecule has 118 valence electrons. The third kappa shape index (κ3) is 4.44. The Bertz CT molecular complexity index is 272. The fourth-order valence-electron chi connectivity index (χ4n) is 4.30. The second-order valence-electron chi connectivity index (χ2n) is 6.95. The molecule has 0 aromatic carbocycles. The fourth-order valence-corrected chi connectivity index (χ4v) is 4.30. The second-order valence-corrected chi connectivity index (χ2v) is 6.95. The Morgan fingerprint density at radius 3 is 2.75 bits per heavy atom. The first-order valence-electron chi connectivity index (χ1n) is 8.77. The number of nitrogens with zero attached hydrogens (tertiary/aromatic N) is 1. The van der Waals surface area contributed by atoms with Crippen LogP contribution in [0.4, 0.5) is 0 Å². The van der Waals surface area contributed by atoms with Gasteiger partial charge in [0.2, 0.25) is 0 Å². The van der Waals surface area contributed by atoms with Crippen LogP contribution < -0.4 is 0 Å². The highest BCUT2D eigenvalue weighted by Gasteiger charge is 2.33. The molecule has 0 aromatic heterocycles. The maximum atomic E-state index is 10.3. The average molecular weight is 283 g/mol. The summed E-state index contributed by atoms with van der Waals surface area (Å²) in [5.41, 5.74) is 0. The van der Waals surface area contributed by atoms with Crippen molar-refractivity contribution < 1.29 is 10.2 Å². The molecule has 0 bridgehead atoms. The number of rotatable bonds is 7. The van der Waals surface area contributed by atoms with Gasteiger partial charge in [-0.1, -0.05) is 19.8 Å². The zero-order valence-electron chi connectivity index (χ0n) is 13.1. The van der Waals surface area contributed by atoms with E-state index in [-0.39, 0.29) is 6.10 Å². The van der Waals surface area contributed by atoms with E-state index in [1.54, 1.807) is 0 Å². The molecule has 2 aliphatic rings. The minimum Gasteiger partial charge on any atom is -0.396 e. The Morgan fingerprint density at radius 2 is 2.00 bits per heavy atom. The molecule has 2 rings (SSSR count). The summed E-state index contributed by atoms with van der Waals surface area (Å²) in [4.78, 5) is 2.60. The normalized spacial score (nSPS) is 35.5. The minimum absolute atomic E-state index is 0.0813. The Morgan fingerprint density at radius 1 is 1.15 bits per heavy atom. The van der Waals surface area contributed by atoms with Gasteiger partial charge in [0.15, 0.2) is 0 Å². The summed E-state index contributed by atoms with van der Waals surface area (Å²) >= 11 is 0. The van der Waals surface area contributed by atoms with Crippen molar-refractivity contribution in [1.29, 1.82) is 0 Å². The number of hydrogen-bond donors (Lipinski definition) is 2. The predicted octanol–water partition coefficient (Wildman–Crippen LogP) is 2.80. The maximum absolute atomic E-state index is 10.3. The Kier molecular flexibility index (Phi) is 6.79. The first-order valence-corrected chi connectivity index (χ1v) is 8.77. The Hall–Kier alpha value is -0.120. The van der Waals surface area contributed by atoms with Gasteiger partial charge in [0.05, 0.1) is 6.10 Å². The van der Waals surface area contributed by atoms with E-state index in [9.17, 15) is 5.11 Å². The highest BCUT2D eigenvalue weighted by atomic mass is 16.3. The van der Waals surface area contributed by atoms with Gasteiger partial charge in [-0.3, -0.25) is 0 Å². The molecule has 0 spiro atoms. The van der Waals surface area contributed by atoms with Crippen molar-refractivity contribution >= 4 is 0 Å². The van der Waals surface area contributed by atoms with Gasteiger partial charge in [0, 0.05) is 19.2 Å². The lowest BCUT2D eigenvalue weighted by Gasteiger charge is -2.37. The van der Waals surface area contributed by atoms with Crippen LogP contribution in [0.15, 0.2) is 0 Å². The lowest BCUT2D eigenvalue weighted by molar-refractivity contribution is 0.0224. The highest BCUT2D eigenvalue weighted by molar-refractivity contribution is 4.86. The van der Waals surface area contributed by atoms with Crippen molar-refractivity contribution in [2.75, 3.05) is 19.7 Å². The van der Waals surface area contributed by atoms with Crippen molar-refractivity contribution in [3.05, 3.63) is 0 Å². The molecule has 0 aromatic rings. The molecule has 4 unspecified atom stereocenters. The SMILES string of the molecule is CCCC1CCC(O)C(CN2CCCC2CCCO)C1. The third-order valence-corrected chi connectivity index (χ3v) is 5.41. The van der Waals surface area contributed by atoms with Crippen molar-refractivity contribution in [1.82, 2.24) is 4.90 Å². The molecule has 2 fully saturated rings. The highest BCUT2D eigenvalue weighted by Crippen LogP contribution is 2.34. The molecular formula is C17H33NO2. The third-order valence-electron chi connectivity index (χ3n) is 5.41. The average Bonchev–Trinajstić information content (AvgIpc) is 2.88. The van der Waals surface area contributed by atoms with Crippen molar-refractivity contribution in [3.8, 4) is 0 Å². The van der Waals surface area contributed by atoms with Gasteiger partial charge in [-0.25, -0.2) is 0 Å². The van der Waals surface area contributed by atoms with E-state index < -0.39 is 0 Å². The van der Waals surface area contributed by atoms with Gasteiger partial charge in [-0.15, -0.1) is 0 Å². The summed E-state index contributed by atoms with van der Waals surface area (Å²) in [5, 5.41) is 19.3. The standard InChI is InChI=1S/C17H33NO2/c1-2-5-14-8-9-17(20)15(12-14)13-18-10-3-6-16(18)7-4-11-19/h14-17,19-20H,2-13H2,1H3. The lowest BCUT2D eigenvalue weighted by atomic mass is 9.77. The molecule has 1 aliphatic heterocycles. The van der Waals surface area contributed by atoms with Crippen LogP contribution in [0.2, 0.25) is 0 Å². The molecule has 0 radical (unpaired) electrons. The topological polar surface area (TPSA) is 43.7 Å². The zero-order chi connectivity index (χ0) is 14.4. The molecule has 1 heterocycles. The Labute approximate surface area is 124 Å². The Balaban J connectivity index is 1.83. The molecule has 4 atom stereocenters. The van der Waals surface area contributed by atoms with Crippen LogP contribution in [0.1, 0.15) is 64.7 Å². The first-order chi connectivity index (χ1) is 9.74. The fraction of sp³-hybridized carbons (Fsp3) is 1.00. The molecule has 2 N–H and O–H groups in total. The van der Waals surface area contributed by atoms with Crippen LogP contribution in [-0.4, -0.2) is 47.0 Å². The molecule has 1 saturated carbocycles. The van der Waals surface area contributed by atoms with E-state index in [0.29, 0.717) is 18.6 Å². The monoisotopic (exact) mass is 283 g/mol. The van der Waals surface area contributed by atoms with E-state index in [1.165, 1.54) is 45.1 Å². The number of aliphatic hydroxyl groups is 2. The molecule has 1 saturated heterocycles. The quantitative estimate of drug-likeness (QED) is 0.755. The molecular weight excluding hydrogens is 250 g/mol. The van der Waals surface area contributed by atoms with Crippen molar-refractivity contribution in [2.24, 2.45) is 11.8 Å². The summed E-state index contributed by atoms with van der Waals surface area (Å²) in [6.07, 6.45) is 10.6. The lowest BCUT2D eigenvalue weighted by Crippen LogP contribution is -2.41. The van der Waals surface area contributed by atoms with Crippen LogP contribution in [0.25, 0.3) is 0 Å². The number of likely N-dealkylation sites (tertiary alicyclic amines) is 1. The van der Waals surface area contributed by atoms with E-state index in [4.69, 9.17) is 5.11 Å². The summed E-state index contributed by atoms with van der Waals surface area (Å²) in [5.74, 6) is 1.32. The van der Waals surface area contributed by atoms with Gasteiger partial charge in [0.1, 0.15) is 0 Å². The van der Waals surface area contributed by atoms with E-state index in [1.807, 2.05) is 0 Å². The molecule has 0 amide bonds. The summed E-state index contributed by atoms with van der Waals surface area (Å²) < 4.78 is 0. The predicted molar refractivity (Wildman–Crippen MR) is 82.7 cm³/mol. The van der Waals surface area contributed by atoms with Crippen molar-refractivity contribution in [3.63, 3.8) is 0 Å². The van der Waals surface area contributed by atoms with Crippen molar-refractivity contribution in [2.45, 2.75) is 76.9 Å². The molecule has 1 aliphatic carbocycles.